The van der Waals surface area contributed by atoms with Crippen LogP contribution in [0.3, 0.4) is 0 Å². The van der Waals surface area contributed by atoms with Gasteiger partial charge in [-0.05, 0) is 345 Å². The topological polar surface area (TPSA) is 60.4 Å². The van der Waals surface area contributed by atoms with Gasteiger partial charge in [0.15, 0.2) is 11.6 Å². The maximum absolute atomic E-state index is 12.0. The Balaban J connectivity index is 0.000000155. The van der Waals surface area contributed by atoms with Gasteiger partial charge in [-0.25, -0.2) is 4.79 Å². The molecule has 0 heterocycles. The first-order valence-electron chi connectivity index (χ1n) is 45.9. The average Bonchev–Trinajstić information content (AvgIpc) is 0.801. The molecule has 0 atom stereocenters. The molecule has 0 radical (unpaired) electrons. The number of carbonyl (C=O) groups excluding carboxylic acids is 3. The molecule has 0 N–H and O–H groups in total. The largest absolute Gasteiger partial charge is 0.423 e. The SMILES string of the molecule is CC(=O)c1ccc2cc(C)ccc2c1.Cc1cc(-c2cc(C)c(C)c(C)c2)cc(C)c1C.Cc1ccc(-c2ccc(C)c(C)c2)cc1C.Cc1ccc(-c2ccc(C)cc2)cc1.Cc1ccc(CC(=O)c2ccc(C)cc2)cc1.Cc1ccc(OC(=O)c2ccc(C)cc2)cc1.Cc1ccc2cc(C)ccc2c1.Cc1ccc2ccc(C)cc2c1.Cc1cccc2c(C)cccc12. The maximum atomic E-state index is 12.0. The van der Waals surface area contributed by atoms with Gasteiger partial charge < -0.3 is 4.74 Å². The van der Waals surface area contributed by atoms with Crippen LogP contribution < -0.4 is 4.74 Å². The molecule has 0 spiro atoms. The highest BCUT2D eigenvalue weighted by Gasteiger charge is 2.12. The molecule has 4 heteroatoms. The van der Waals surface area contributed by atoms with Gasteiger partial charge >= 0.3 is 5.97 Å². The molecule has 4 nitrogen and oxygen atoms in total. The van der Waals surface area contributed by atoms with Gasteiger partial charge in [0.05, 0.1) is 5.56 Å². The van der Waals surface area contributed by atoms with Crippen LogP contribution >= 0.6 is 0 Å². The van der Waals surface area contributed by atoms with Crippen molar-refractivity contribution in [3.05, 3.63) is 502 Å². The minimum absolute atomic E-state index is 0.118. The van der Waals surface area contributed by atoms with E-state index in [1.165, 1.54) is 188 Å². The second kappa shape index (κ2) is 47.9. The molecular formula is C128H132O4. The molecule has 18 aromatic rings. The number of ether oxygens (including phenoxy) is 1. The summed E-state index contributed by atoms with van der Waals surface area (Å²) < 4.78 is 5.26. The molecule has 0 saturated heterocycles. The Morgan fingerprint density at radius 1 is 0.205 bits per heavy atom. The van der Waals surface area contributed by atoms with Crippen LogP contribution in [0.2, 0.25) is 0 Å². The van der Waals surface area contributed by atoms with E-state index < -0.39 is 0 Å². The fourth-order valence-electron chi connectivity index (χ4n) is 15.1. The van der Waals surface area contributed by atoms with E-state index in [9.17, 15) is 14.4 Å². The van der Waals surface area contributed by atoms with Crippen molar-refractivity contribution in [2.45, 2.75) is 173 Å². The molecule has 0 amide bonds. The summed E-state index contributed by atoms with van der Waals surface area (Å²) in [7, 11) is 0. The molecule has 0 aliphatic rings. The number of aryl methyl sites for hydroxylation is 21. The van der Waals surface area contributed by atoms with Crippen LogP contribution in [0.5, 0.6) is 5.75 Å². The first-order valence-corrected chi connectivity index (χ1v) is 45.9. The molecule has 0 saturated carbocycles. The summed E-state index contributed by atoms with van der Waals surface area (Å²) >= 11 is 0. The Kier molecular flexibility index (Phi) is 36.3. The number of rotatable bonds is 9. The van der Waals surface area contributed by atoms with E-state index in [1.54, 1.807) is 31.2 Å². The molecule has 0 aliphatic carbocycles. The number of benzene rings is 18. The minimum Gasteiger partial charge on any atom is -0.423 e. The molecule has 132 heavy (non-hydrogen) atoms. The lowest BCUT2D eigenvalue weighted by Crippen LogP contribution is -2.08. The number of ketones is 2. The summed E-state index contributed by atoms with van der Waals surface area (Å²) in [5.74, 6) is 0.538. The predicted octanol–water partition coefficient (Wildman–Crippen LogP) is 34.7. The number of hydrogen-bond acceptors (Lipinski definition) is 4. The number of carbonyl (C=O) groups is 3. The van der Waals surface area contributed by atoms with Crippen LogP contribution in [0.25, 0.3) is 76.5 Å². The standard InChI is InChI=1S/C18H22.C16H16O.C16H18.C15H14O2.C14H14.C13H12O.3C12H12/c1-11-7-17(8-12(2)15(11)5)18-9-13(3)16(6)14(4)10-18;1-12-3-7-14(8-4-12)11-16(17)15-9-5-13(2)6-10-15;1-11-5-7-15(9-13(11)3)16-8-6-12(2)14(4)10-16;1-11-3-7-13(8-4-11)15(16)17-14-9-5-12(2)6-10-14;1-11-3-7-13(8-4-11)14-9-5-12(2)6-10-14;1-9-3-4-13-8-11(10(2)14)5-6-12(13)7-9;1-9-3-5-12-8-10(2)4-6-11(12)7-9;1-9-3-5-11-6-4-10(2)8-12(11)7-9;1-9-5-3-8-12-10(2)6-4-7-11(9)12/h7-10H,1-6H3;3-10H,11H2,1-2H3;5-10H,1-4H3;3-10H,1-2H3;3-10H,1-2H3;3-8H,1-2H3;3*3-8H,1-2H3. The van der Waals surface area contributed by atoms with E-state index >= 15 is 0 Å². The third-order valence-corrected chi connectivity index (χ3v) is 24.4. The fourth-order valence-corrected chi connectivity index (χ4v) is 15.1. The molecule has 0 unspecified atom stereocenters. The first-order chi connectivity index (χ1) is 63.0. The number of esters is 1. The second-order valence-corrected chi connectivity index (χ2v) is 35.9. The molecule has 18 aromatic carbocycles. The fraction of sp³-hybridized carbons (Fsp3) is 0.195. The highest BCUT2D eigenvalue weighted by atomic mass is 16.5. The minimum atomic E-state index is -0.325. The highest BCUT2D eigenvalue weighted by molar-refractivity contribution is 5.99. The molecule has 668 valence electrons. The second-order valence-electron chi connectivity index (χ2n) is 35.9. The van der Waals surface area contributed by atoms with Crippen LogP contribution in [0, 0.1) is 159 Å². The van der Waals surface area contributed by atoms with E-state index in [4.69, 9.17) is 4.74 Å². The molecule has 18 rings (SSSR count). The van der Waals surface area contributed by atoms with Crippen molar-refractivity contribution in [2.24, 2.45) is 0 Å². The summed E-state index contributed by atoms with van der Waals surface area (Å²) in [4.78, 5) is 35.0. The zero-order chi connectivity index (χ0) is 95.4. The zero-order valence-electron chi connectivity index (χ0n) is 82.3. The molecule has 0 aliphatic heterocycles. The lowest BCUT2D eigenvalue weighted by atomic mass is 9.93. The van der Waals surface area contributed by atoms with Crippen LogP contribution in [0.15, 0.2) is 352 Å². The van der Waals surface area contributed by atoms with Gasteiger partial charge in [0, 0.05) is 17.5 Å². The van der Waals surface area contributed by atoms with Crippen LogP contribution in [-0.2, 0) is 6.42 Å². The highest BCUT2D eigenvalue weighted by Crippen LogP contribution is 2.31. The summed E-state index contributed by atoms with van der Waals surface area (Å²) in [5, 5.41) is 10.4. The van der Waals surface area contributed by atoms with Crippen molar-refractivity contribution in [1.82, 2.24) is 0 Å². The van der Waals surface area contributed by atoms with Gasteiger partial charge in [-0.1, -0.05) is 383 Å². The van der Waals surface area contributed by atoms with Gasteiger partial charge in [0.25, 0.3) is 0 Å². The quantitative estimate of drug-likeness (QED) is 0.0821. The number of fused-ring (bicyclic) bond motifs is 4. The van der Waals surface area contributed by atoms with Crippen molar-refractivity contribution in [1.29, 1.82) is 0 Å². The van der Waals surface area contributed by atoms with Crippen molar-refractivity contribution in [2.75, 3.05) is 0 Å². The molecule has 0 fully saturated rings. The normalized spacial score (nSPS) is 10.4. The molecular weight excluding hydrogens is 1600 g/mol. The molecule has 0 aromatic heterocycles. The lowest BCUT2D eigenvalue weighted by Gasteiger charge is -2.12. The zero-order valence-corrected chi connectivity index (χ0v) is 82.3. The Morgan fingerprint density at radius 3 is 0.841 bits per heavy atom. The lowest BCUT2D eigenvalue weighted by molar-refractivity contribution is 0.0734. The van der Waals surface area contributed by atoms with Gasteiger partial charge in [-0.15, -0.1) is 0 Å². The summed E-state index contributed by atoms with van der Waals surface area (Å²) in [5.41, 5.74) is 41.3. The van der Waals surface area contributed by atoms with E-state index in [0.717, 1.165) is 33.2 Å². The van der Waals surface area contributed by atoms with Crippen molar-refractivity contribution >= 4 is 60.6 Å². The summed E-state index contributed by atoms with van der Waals surface area (Å²) in [6, 6.07) is 122. The van der Waals surface area contributed by atoms with Crippen molar-refractivity contribution in [3.8, 4) is 39.1 Å². The van der Waals surface area contributed by atoms with Gasteiger partial charge in [0.2, 0.25) is 0 Å². The van der Waals surface area contributed by atoms with E-state index in [0.29, 0.717) is 17.7 Å². The Hall–Kier alpha value is -14.2. The van der Waals surface area contributed by atoms with E-state index in [2.05, 4.69) is 368 Å². The smallest absolute Gasteiger partial charge is 0.343 e. The third-order valence-electron chi connectivity index (χ3n) is 24.4. The number of Topliss-reactive ketones (excluding diaryl/α,β-unsaturated/α-hetero) is 2. The van der Waals surface area contributed by atoms with Crippen molar-refractivity contribution in [3.63, 3.8) is 0 Å². The number of hydrogen-bond donors (Lipinski definition) is 0. The predicted molar refractivity (Wildman–Crippen MR) is 569 cm³/mol. The summed E-state index contributed by atoms with van der Waals surface area (Å²) in [6.45, 7) is 50.5. The Labute approximate surface area is 788 Å². The average molecular weight is 1730 g/mol. The van der Waals surface area contributed by atoms with Crippen LogP contribution in [0.1, 0.15) is 172 Å². The Bertz CT molecular complexity index is 6550. The van der Waals surface area contributed by atoms with Gasteiger partial charge in [-0.2, -0.15) is 0 Å². The Morgan fingerprint density at radius 2 is 0.485 bits per heavy atom. The molecule has 0 bridgehead atoms. The van der Waals surface area contributed by atoms with E-state index in [1.807, 2.05) is 119 Å². The van der Waals surface area contributed by atoms with Gasteiger partial charge in [-0.3, -0.25) is 9.59 Å². The maximum Gasteiger partial charge on any atom is 0.343 e. The monoisotopic (exact) mass is 1730 g/mol. The summed E-state index contributed by atoms with van der Waals surface area (Å²) in [6.07, 6.45) is 0.476. The van der Waals surface area contributed by atoms with Crippen molar-refractivity contribution < 1.29 is 19.1 Å². The van der Waals surface area contributed by atoms with Gasteiger partial charge in [0.1, 0.15) is 5.75 Å². The van der Waals surface area contributed by atoms with E-state index in [-0.39, 0.29) is 17.5 Å². The van der Waals surface area contributed by atoms with Crippen LogP contribution in [0.4, 0.5) is 0 Å². The first kappa shape index (κ1) is 100.0. The third kappa shape index (κ3) is 29.9. The van der Waals surface area contributed by atoms with Crippen LogP contribution in [-0.4, -0.2) is 17.5 Å².